The second-order valence-corrected chi connectivity index (χ2v) is 7.24. The Hall–Kier alpha value is -1.96. The van der Waals surface area contributed by atoms with Crippen LogP contribution in [0.1, 0.15) is 24.1 Å². The minimum Gasteiger partial charge on any atom is -0.376 e. The van der Waals surface area contributed by atoms with Gasteiger partial charge >= 0.3 is 0 Å². The number of halogens is 2. The molecule has 1 aliphatic heterocycles. The molecule has 6 nitrogen and oxygen atoms in total. The molecule has 2 unspecified atom stereocenters. The van der Waals surface area contributed by atoms with Crippen molar-refractivity contribution < 1.29 is 13.9 Å². The van der Waals surface area contributed by atoms with Crippen LogP contribution >= 0.6 is 11.6 Å². The summed E-state index contributed by atoms with van der Waals surface area (Å²) >= 11 is 6.31. The van der Waals surface area contributed by atoms with Crippen LogP contribution in [0.4, 0.5) is 4.39 Å². The number of hydrogen-bond acceptors (Lipinski definition) is 4. The van der Waals surface area contributed by atoms with E-state index in [0.717, 1.165) is 5.56 Å². The first-order valence-corrected chi connectivity index (χ1v) is 9.35. The third-order valence-electron chi connectivity index (χ3n) is 4.66. The molecule has 1 aromatic heterocycles. The molecular weight excluding hydrogens is 371 g/mol. The number of rotatable bonds is 6. The predicted octanol–water partition coefficient (Wildman–Crippen LogP) is 2.33. The van der Waals surface area contributed by atoms with Crippen molar-refractivity contribution in [1.29, 1.82) is 0 Å². The Bertz CT molecular complexity index is 778. The van der Waals surface area contributed by atoms with Gasteiger partial charge in [-0.1, -0.05) is 17.7 Å². The first kappa shape index (κ1) is 19.8. The molecule has 27 heavy (non-hydrogen) atoms. The van der Waals surface area contributed by atoms with Crippen molar-refractivity contribution in [2.45, 2.75) is 25.5 Å². The number of nitrogens with one attached hydrogen (secondary N) is 1. The normalized spacial score (nSPS) is 19.0. The van der Waals surface area contributed by atoms with Gasteiger partial charge in [-0.2, -0.15) is 5.10 Å². The number of carbonyl (C=O) groups is 1. The Morgan fingerprint density at radius 3 is 3.00 bits per heavy atom. The van der Waals surface area contributed by atoms with Crippen LogP contribution in [-0.2, 0) is 23.0 Å². The molecule has 2 aromatic rings. The number of aromatic nitrogens is 2. The molecule has 0 saturated carbocycles. The molecule has 2 atom stereocenters. The molecule has 3 rings (SSSR count). The topological polar surface area (TPSA) is 59.4 Å². The number of ether oxygens (including phenoxy) is 1. The smallest absolute Gasteiger partial charge is 0.224 e. The Balaban J connectivity index is 1.74. The first-order valence-electron chi connectivity index (χ1n) is 8.98. The molecule has 0 bridgehead atoms. The van der Waals surface area contributed by atoms with Gasteiger partial charge in [0.1, 0.15) is 5.82 Å². The van der Waals surface area contributed by atoms with E-state index in [1.165, 1.54) is 6.07 Å². The largest absolute Gasteiger partial charge is 0.376 e. The van der Waals surface area contributed by atoms with E-state index in [0.29, 0.717) is 30.3 Å². The molecule has 146 valence electrons. The van der Waals surface area contributed by atoms with E-state index in [2.05, 4.69) is 15.3 Å². The average molecular weight is 395 g/mol. The zero-order valence-corrected chi connectivity index (χ0v) is 16.2. The van der Waals surface area contributed by atoms with Gasteiger partial charge in [-0.25, -0.2) is 4.39 Å². The van der Waals surface area contributed by atoms with Crippen molar-refractivity contribution in [3.8, 4) is 0 Å². The summed E-state index contributed by atoms with van der Waals surface area (Å²) < 4.78 is 21.8. The lowest BCUT2D eigenvalue weighted by atomic mass is 10.0. The van der Waals surface area contributed by atoms with Crippen molar-refractivity contribution >= 4 is 17.5 Å². The van der Waals surface area contributed by atoms with E-state index in [1.54, 1.807) is 36.3 Å². The van der Waals surface area contributed by atoms with E-state index in [9.17, 15) is 9.18 Å². The summed E-state index contributed by atoms with van der Waals surface area (Å²) in [5.74, 6) is -0.505. The highest BCUT2D eigenvalue weighted by atomic mass is 35.5. The minimum absolute atomic E-state index is 0.0397. The minimum atomic E-state index is -0.367. The van der Waals surface area contributed by atoms with E-state index in [-0.39, 0.29) is 36.8 Å². The van der Waals surface area contributed by atoms with Crippen LogP contribution in [0.25, 0.3) is 0 Å². The lowest BCUT2D eigenvalue weighted by Crippen LogP contribution is -2.47. The molecule has 0 spiro atoms. The molecule has 8 heteroatoms. The highest BCUT2D eigenvalue weighted by Crippen LogP contribution is 2.31. The summed E-state index contributed by atoms with van der Waals surface area (Å²) in [6.07, 6.45) is 3.73. The highest BCUT2D eigenvalue weighted by Gasteiger charge is 2.29. The van der Waals surface area contributed by atoms with Crippen molar-refractivity contribution in [2.24, 2.45) is 7.05 Å². The average Bonchev–Trinajstić information content (AvgIpc) is 3.02. The Morgan fingerprint density at radius 2 is 2.33 bits per heavy atom. The quantitative estimate of drug-likeness (QED) is 0.817. The molecule has 0 radical (unpaired) electrons. The first-order chi connectivity index (χ1) is 12.9. The summed E-state index contributed by atoms with van der Waals surface area (Å²) in [6.45, 7) is 4.11. The van der Waals surface area contributed by atoms with Gasteiger partial charge in [0, 0.05) is 43.5 Å². The van der Waals surface area contributed by atoms with Gasteiger partial charge in [0.2, 0.25) is 5.91 Å². The van der Waals surface area contributed by atoms with Gasteiger partial charge in [-0.15, -0.1) is 0 Å². The van der Waals surface area contributed by atoms with E-state index < -0.39 is 0 Å². The molecule has 1 saturated heterocycles. The van der Waals surface area contributed by atoms with Gasteiger partial charge in [0.15, 0.2) is 0 Å². The van der Waals surface area contributed by atoms with Crippen molar-refractivity contribution in [3.63, 3.8) is 0 Å². The highest BCUT2D eigenvalue weighted by molar-refractivity contribution is 6.31. The maximum Gasteiger partial charge on any atom is 0.224 e. The van der Waals surface area contributed by atoms with Gasteiger partial charge in [-0.05, 0) is 24.6 Å². The molecule has 1 aromatic carbocycles. The van der Waals surface area contributed by atoms with Crippen molar-refractivity contribution in [1.82, 2.24) is 20.0 Å². The SMILES string of the molecule is CC1CN(C(CNC(=O)Cc2cnn(C)c2)c2c(F)cccc2Cl)CCO1. The number of amides is 1. The predicted molar refractivity (Wildman–Crippen MR) is 101 cm³/mol. The second kappa shape index (κ2) is 8.82. The van der Waals surface area contributed by atoms with Crippen LogP contribution in [0, 0.1) is 5.82 Å². The van der Waals surface area contributed by atoms with Gasteiger partial charge < -0.3 is 10.1 Å². The van der Waals surface area contributed by atoms with Crippen LogP contribution in [0.15, 0.2) is 30.6 Å². The number of benzene rings is 1. The lowest BCUT2D eigenvalue weighted by molar-refractivity contribution is -0.120. The van der Waals surface area contributed by atoms with Crippen molar-refractivity contribution in [3.05, 3.63) is 52.6 Å². The van der Waals surface area contributed by atoms with Crippen LogP contribution in [0.5, 0.6) is 0 Å². The van der Waals surface area contributed by atoms with Gasteiger partial charge in [-0.3, -0.25) is 14.4 Å². The van der Waals surface area contributed by atoms with Crippen LogP contribution in [-0.4, -0.2) is 52.9 Å². The zero-order valence-electron chi connectivity index (χ0n) is 15.5. The standard InChI is InChI=1S/C19H24ClFN4O2/c1-13-11-25(6-7-27-13)17(19-15(20)4-3-5-16(19)21)10-22-18(26)8-14-9-23-24(2)12-14/h3-5,9,12-13,17H,6-8,10-11H2,1-2H3,(H,22,26). The summed E-state index contributed by atoms with van der Waals surface area (Å²) in [5.41, 5.74) is 1.24. The van der Waals surface area contributed by atoms with Crippen molar-refractivity contribution in [2.75, 3.05) is 26.2 Å². The Kier molecular flexibility index (Phi) is 6.46. The summed E-state index contributed by atoms with van der Waals surface area (Å²) in [5, 5.41) is 7.35. The molecule has 1 fully saturated rings. The van der Waals surface area contributed by atoms with Gasteiger partial charge in [0.25, 0.3) is 0 Å². The summed E-state index contributed by atoms with van der Waals surface area (Å²) in [4.78, 5) is 14.5. The summed E-state index contributed by atoms with van der Waals surface area (Å²) in [6, 6.07) is 4.30. The molecule has 1 amide bonds. The fourth-order valence-electron chi connectivity index (χ4n) is 3.39. The Morgan fingerprint density at radius 1 is 1.52 bits per heavy atom. The van der Waals surface area contributed by atoms with E-state index in [4.69, 9.17) is 16.3 Å². The number of carbonyl (C=O) groups excluding carboxylic acids is 1. The number of aryl methyl sites for hydroxylation is 1. The third-order valence-corrected chi connectivity index (χ3v) is 4.99. The van der Waals surface area contributed by atoms with E-state index in [1.807, 2.05) is 6.92 Å². The maximum absolute atomic E-state index is 14.6. The van der Waals surface area contributed by atoms with Crippen LogP contribution in [0.2, 0.25) is 5.02 Å². The molecule has 1 aliphatic rings. The maximum atomic E-state index is 14.6. The van der Waals surface area contributed by atoms with Crippen LogP contribution < -0.4 is 5.32 Å². The monoisotopic (exact) mass is 394 g/mol. The second-order valence-electron chi connectivity index (χ2n) is 6.83. The third kappa shape index (κ3) is 5.06. The fraction of sp³-hybridized carbons (Fsp3) is 0.474. The Labute approximate surface area is 163 Å². The number of nitrogens with zero attached hydrogens (tertiary/aromatic N) is 3. The van der Waals surface area contributed by atoms with Crippen LogP contribution in [0.3, 0.4) is 0 Å². The number of morpholine rings is 1. The molecule has 2 heterocycles. The van der Waals surface area contributed by atoms with Gasteiger partial charge in [0.05, 0.1) is 31.4 Å². The molecule has 1 N–H and O–H groups in total. The zero-order chi connectivity index (χ0) is 19.4. The lowest BCUT2D eigenvalue weighted by Gasteiger charge is -2.38. The number of hydrogen-bond donors (Lipinski definition) is 1. The molecular formula is C19H24ClFN4O2. The van der Waals surface area contributed by atoms with E-state index >= 15 is 0 Å². The molecule has 0 aliphatic carbocycles. The summed E-state index contributed by atoms with van der Waals surface area (Å²) in [7, 11) is 1.80. The fourth-order valence-corrected chi connectivity index (χ4v) is 3.68.